The smallest absolute Gasteiger partial charge is 0.406 e. The third kappa shape index (κ3) is 4.32. The summed E-state index contributed by atoms with van der Waals surface area (Å²) < 4.78 is 43.3. The summed E-state index contributed by atoms with van der Waals surface area (Å²) in [4.78, 5) is 2.50. The van der Waals surface area contributed by atoms with Crippen molar-refractivity contribution in [3.05, 3.63) is 71.4 Å². The molecular weight excluding hydrogens is 417 g/mol. The van der Waals surface area contributed by atoms with Gasteiger partial charge in [0.1, 0.15) is 11.6 Å². The highest BCUT2D eigenvalue weighted by Gasteiger charge is 2.33. The van der Waals surface area contributed by atoms with Gasteiger partial charge in [0.2, 0.25) is 0 Å². The zero-order chi connectivity index (χ0) is 22.1. The van der Waals surface area contributed by atoms with E-state index in [1.807, 2.05) is 10.7 Å². The number of alkyl halides is 3. The van der Waals surface area contributed by atoms with Crippen LogP contribution >= 0.6 is 0 Å². The highest BCUT2D eigenvalue weighted by Crippen LogP contribution is 2.39. The van der Waals surface area contributed by atoms with Crippen LogP contribution in [0.15, 0.2) is 54.6 Å². The van der Waals surface area contributed by atoms with Gasteiger partial charge in [-0.1, -0.05) is 36.8 Å². The minimum atomic E-state index is -4.70. The van der Waals surface area contributed by atoms with Crippen molar-refractivity contribution < 1.29 is 17.9 Å². The molecule has 0 spiro atoms. The number of likely N-dealkylation sites (tertiary alicyclic amines) is 1. The first-order valence-electron chi connectivity index (χ1n) is 11.0. The lowest BCUT2D eigenvalue weighted by Gasteiger charge is -2.35. The summed E-state index contributed by atoms with van der Waals surface area (Å²) >= 11 is 0. The number of anilines is 1. The molecule has 2 aromatic carbocycles. The molecule has 1 aromatic heterocycles. The molecule has 0 saturated carbocycles. The lowest BCUT2D eigenvalue weighted by Crippen LogP contribution is -2.33. The summed E-state index contributed by atoms with van der Waals surface area (Å²) in [5, 5.41) is 8.39. The molecule has 2 aliphatic heterocycles. The molecule has 2 aliphatic rings. The normalized spacial score (nSPS) is 18.9. The molecule has 0 amide bonds. The molecule has 1 atom stereocenters. The summed E-state index contributed by atoms with van der Waals surface area (Å²) in [6.07, 6.45) is -0.420. The first-order chi connectivity index (χ1) is 15.5. The second-order valence-corrected chi connectivity index (χ2v) is 8.31. The highest BCUT2D eigenvalue weighted by molar-refractivity contribution is 5.58. The molecule has 3 heterocycles. The fourth-order valence-electron chi connectivity index (χ4n) is 4.75. The first-order valence-corrected chi connectivity index (χ1v) is 11.0. The molecular formula is C24H25F3N4O. The second-order valence-electron chi connectivity index (χ2n) is 8.31. The lowest BCUT2D eigenvalue weighted by atomic mass is 9.95. The van der Waals surface area contributed by atoms with Crippen molar-refractivity contribution in [1.82, 2.24) is 14.7 Å². The van der Waals surface area contributed by atoms with Gasteiger partial charge in [0.05, 0.1) is 17.4 Å². The molecule has 0 bridgehead atoms. The number of aromatic nitrogens is 2. The van der Waals surface area contributed by atoms with Gasteiger partial charge in [0.25, 0.3) is 0 Å². The van der Waals surface area contributed by atoms with Crippen LogP contribution in [0.2, 0.25) is 0 Å². The predicted molar refractivity (Wildman–Crippen MR) is 116 cm³/mol. The molecule has 1 fully saturated rings. The van der Waals surface area contributed by atoms with Crippen LogP contribution in [0.25, 0.3) is 5.69 Å². The molecule has 1 N–H and O–H groups in total. The van der Waals surface area contributed by atoms with Crippen LogP contribution in [0.5, 0.6) is 5.75 Å². The topological polar surface area (TPSA) is 42.3 Å². The molecule has 8 heteroatoms. The van der Waals surface area contributed by atoms with Crippen molar-refractivity contribution in [3.8, 4) is 11.4 Å². The van der Waals surface area contributed by atoms with E-state index in [1.165, 1.54) is 29.7 Å². The monoisotopic (exact) mass is 442 g/mol. The van der Waals surface area contributed by atoms with Gasteiger partial charge in [-0.25, -0.2) is 4.68 Å². The summed E-state index contributed by atoms with van der Waals surface area (Å²) in [5.41, 5.74) is 4.29. The minimum absolute atomic E-state index is 0.228. The van der Waals surface area contributed by atoms with E-state index in [0.29, 0.717) is 5.69 Å². The molecule has 0 radical (unpaired) electrons. The van der Waals surface area contributed by atoms with Crippen LogP contribution in [-0.2, 0) is 13.0 Å². The average molecular weight is 442 g/mol. The van der Waals surface area contributed by atoms with E-state index >= 15 is 0 Å². The number of rotatable bonds is 5. The van der Waals surface area contributed by atoms with Crippen molar-refractivity contribution in [2.24, 2.45) is 0 Å². The molecule has 32 heavy (non-hydrogen) atoms. The summed E-state index contributed by atoms with van der Waals surface area (Å²) in [7, 11) is 0. The Morgan fingerprint density at radius 3 is 2.56 bits per heavy atom. The fraction of sp³-hybridized carbons (Fsp3) is 0.375. The Hall–Kier alpha value is -3.00. The van der Waals surface area contributed by atoms with Gasteiger partial charge >= 0.3 is 6.36 Å². The molecule has 1 unspecified atom stereocenters. The summed E-state index contributed by atoms with van der Waals surface area (Å²) in [6.45, 7) is 2.74. The number of benzene rings is 2. The van der Waals surface area contributed by atoms with Gasteiger partial charge in [-0.15, -0.1) is 13.2 Å². The number of fused-ring (bicyclic) bond motifs is 1. The van der Waals surface area contributed by atoms with Crippen LogP contribution in [0.1, 0.15) is 42.1 Å². The Kier molecular flexibility index (Phi) is 5.55. The highest BCUT2D eigenvalue weighted by atomic mass is 19.4. The number of nitrogens with one attached hydrogen (secondary N) is 1. The molecule has 5 nitrogen and oxygen atoms in total. The van der Waals surface area contributed by atoms with Gasteiger partial charge in [0, 0.05) is 18.7 Å². The second kappa shape index (κ2) is 8.50. The maximum atomic E-state index is 12.5. The molecule has 0 aliphatic carbocycles. The Labute approximate surface area is 184 Å². The third-order valence-electron chi connectivity index (χ3n) is 6.15. The van der Waals surface area contributed by atoms with E-state index in [1.54, 1.807) is 12.1 Å². The van der Waals surface area contributed by atoms with E-state index in [2.05, 4.69) is 39.2 Å². The van der Waals surface area contributed by atoms with Crippen LogP contribution in [-0.4, -0.2) is 34.1 Å². The van der Waals surface area contributed by atoms with Crippen LogP contribution in [0.3, 0.4) is 0 Å². The van der Waals surface area contributed by atoms with Gasteiger partial charge < -0.3 is 10.1 Å². The van der Waals surface area contributed by atoms with Crippen molar-refractivity contribution in [1.29, 1.82) is 0 Å². The van der Waals surface area contributed by atoms with E-state index in [0.717, 1.165) is 50.4 Å². The third-order valence-corrected chi connectivity index (χ3v) is 6.15. The van der Waals surface area contributed by atoms with Crippen molar-refractivity contribution in [2.45, 2.75) is 44.6 Å². The zero-order valence-electron chi connectivity index (χ0n) is 17.6. The Balaban J connectivity index is 1.45. The Morgan fingerprint density at radius 2 is 1.81 bits per heavy atom. The predicted octanol–water partition coefficient (Wildman–Crippen LogP) is 5.47. The quantitative estimate of drug-likeness (QED) is 0.569. The standard InChI is InChI=1S/C24H25F3N4O/c25-24(26,27)32-19-11-9-18(10-12-19)31-23-20(13-14-28-23)22(29-31)21-8-4-5-15-30(21)16-17-6-2-1-3-7-17/h1-3,6-7,9-12,21,28H,4-5,8,13-16H2. The van der Waals surface area contributed by atoms with Crippen molar-refractivity contribution >= 4 is 5.82 Å². The number of nitrogens with zero attached hydrogens (tertiary/aromatic N) is 3. The van der Waals surface area contributed by atoms with Crippen LogP contribution in [0.4, 0.5) is 19.0 Å². The summed E-state index contributed by atoms with van der Waals surface area (Å²) in [5.74, 6) is 0.703. The number of hydrogen-bond acceptors (Lipinski definition) is 4. The van der Waals surface area contributed by atoms with Crippen molar-refractivity contribution in [2.75, 3.05) is 18.4 Å². The molecule has 3 aromatic rings. The van der Waals surface area contributed by atoms with Gasteiger partial charge in [0.15, 0.2) is 0 Å². The maximum Gasteiger partial charge on any atom is 0.573 e. The number of halogens is 3. The first kappa shape index (κ1) is 20.9. The van der Waals surface area contributed by atoms with E-state index < -0.39 is 6.36 Å². The van der Waals surface area contributed by atoms with Gasteiger partial charge in [-0.3, -0.25) is 4.90 Å². The van der Waals surface area contributed by atoms with Crippen LogP contribution < -0.4 is 10.1 Å². The summed E-state index contributed by atoms with van der Waals surface area (Å²) in [6, 6.07) is 16.6. The van der Waals surface area contributed by atoms with E-state index in [-0.39, 0.29) is 11.8 Å². The molecule has 5 rings (SSSR count). The Bertz CT molecular complexity index is 1060. The fourth-order valence-corrected chi connectivity index (χ4v) is 4.75. The van der Waals surface area contributed by atoms with E-state index in [9.17, 15) is 13.2 Å². The largest absolute Gasteiger partial charge is 0.573 e. The van der Waals surface area contributed by atoms with E-state index in [4.69, 9.17) is 5.10 Å². The minimum Gasteiger partial charge on any atom is -0.406 e. The number of piperidine rings is 1. The van der Waals surface area contributed by atoms with Crippen LogP contribution in [0, 0.1) is 0 Å². The maximum absolute atomic E-state index is 12.5. The molecule has 1 saturated heterocycles. The van der Waals surface area contributed by atoms with Crippen molar-refractivity contribution in [3.63, 3.8) is 0 Å². The Morgan fingerprint density at radius 1 is 1.03 bits per heavy atom. The van der Waals surface area contributed by atoms with Gasteiger partial charge in [-0.05, 0) is 55.6 Å². The number of ether oxygens (including phenoxy) is 1. The number of hydrogen-bond donors (Lipinski definition) is 1. The zero-order valence-corrected chi connectivity index (χ0v) is 17.6. The SMILES string of the molecule is FC(F)(F)Oc1ccc(-n2nc(C3CCCCN3Cc3ccccc3)c3c2NCC3)cc1. The lowest BCUT2D eigenvalue weighted by molar-refractivity contribution is -0.274. The van der Waals surface area contributed by atoms with Gasteiger partial charge in [-0.2, -0.15) is 5.10 Å². The molecule has 168 valence electrons. The average Bonchev–Trinajstić information content (AvgIpc) is 3.38.